The van der Waals surface area contributed by atoms with Gasteiger partial charge in [-0.15, -0.1) is 24.0 Å². The van der Waals surface area contributed by atoms with Gasteiger partial charge in [-0.3, -0.25) is 4.99 Å². The van der Waals surface area contributed by atoms with Crippen LogP contribution in [0, 0.1) is 12.8 Å². The SMILES string of the molecule is CCNC(=NCC1CCCOC1c1ccccc1)NCCCn1c(C)nc2ccccc21.I. The first-order valence-electron chi connectivity index (χ1n) is 11.9. The molecule has 33 heavy (non-hydrogen) atoms. The van der Waals surface area contributed by atoms with E-state index in [2.05, 4.69) is 82.6 Å². The van der Waals surface area contributed by atoms with E-state index >= 15 is 0 Å². The normalized spacial score (nSPS) is 18.7. The molecule has 0 radical (unpaired) electrons. The molecule has 1 aromatic heterocycles. The summed E-state index contributed by atoms with van der Waals surface area (Å²) in [6, 6.07) is 18.9. The third-order valence-electron chi connectivity index (χ3n) is 6.10. The fraction of sp³-hybridized carbons (Fsp3) is 0.462. The van der Waals surface area contributed by atoms with Crippen molar-refractivity contribution in [1.29, 1.82) is 0 Å². The summed E-state index contributed by atoms with van der Waals surface area (Å²) >= 11 is 0. The Bertz CT molecular complexity index is 1020. The number of nitrogens with one attached hydrogen (secondary N) is 2. The van der Waals surface area contributed by atoms with Crippen molar-refractivity contribution in [1.82, 2.24) is 20.2 Å². The van der Waals surface area contributed by atoms with Crippen LogP contribution in [-0.4, -0.2) is 41.8 Å². The van der Waals surface area contributed by atoms with Crippen LogP contribution in [0.3, 0.4) is 0 Å². The molecule has 0 amide bonds. The van der Waals surface area contributed by atoms with Crippen molar-refractivity contribution in [3.05, 3.63) is 66.0 Å². The molecule has 0 aliphatic carbocycles. The molecule has 1 aliphatic heterocycles. The van der Waals surface area contributed by atoms with Crippen LogP contribution >= 0.6 is 24.0 Å². The van der Waals surface area contributed by atoms with Crippen LogP contribution in [0.15, 0.2) is 59.6 Å². The second-order valence-electron chi connectivity index (χ2n) is 8.40. The second-order valence-corrected chi connectivity index (χ2v) is 8.40. The van der Waals surface area contributed by atoms with Gasteiger partial charge in [0.2, 0.25) is 0 Å². The third kappa shape index (κ3) is 6.69. The van der Waals surface area contributed by atoms with E-state index in [-0.39, 0.29) is 30.1 Å². The van der Waals surface area contributed by atoms with Crippen molar-refractivity contribution in [2.75, 3.05) is 26.2 Å². The van der Waals surface area contributed by atoms with Crippen molar-refractivity contribution >= 4 is 41.0 Å². The maximum absolute atomic E-state index is 6.14. The lowest BCUT2D eigenvalue weighted by Gasteiger charge is -2.31. The molecule has 1 saturated heterocycles. The summed E-state index contributed by atoms with van der Waals surface area (Å²) in [6.07, 6.45) is 3.39. The van der Waals surface area contributed by atoms with Gasteiger partial charge in [-0.1, -0.05) is 42.5 Å². The Balaban J connectivity index is 0.00000306. The van der Waals surface area contributed by atoms with E-state index in [0.717, 1.165) is 69.3 Å². The first-order chi connectivity index (χ1) is 15.8. The van der Waals surface area contributed by atoms with E-state index in [9.17, 15) is 0 Å². The molecule has 2 heterocycles. The molecular formula is C26H36IN5O. The fourth-order valence-electron chi connectivity index (χ4n) is 4.51. The topological polar surface area (TPSA) is 63.5 Å². The number of hydrogen-bond acceptors (Lipinski definition) is 3. The number of fused-ring (bicyclic) bond motifs is 1. The number of rotatable bonds is 8. The zero-order chi connectivity index (χ0) is 22.2. The summed E-state index contributed by atoms with van der Waals surface area (Å²) < 4.78 is 8.43. The lowest BCUT2D eigenvalue weighted by molar-refractivity contribution is -0.0250. The number of halogens is 1. The maximum Gasteiger partial charge on any atom is 0.191 e. The van der Waals surface area contributed by atoms with Crippen molar-refractivity contribution in [2.24, 2.45) is 10.9 Å². The number of para-hydroxylation sites is 2. The van der Waals surface area contributed by atoms with Crippen molar-refractivity contribution in [3.63, 3.8) is 0 Å². The van der Waals surface area contributed by atoms with E-state index in [1.54, 1.807) is 0 Å². The molecule has 6 nitrogen and oxygen atoms in total. The van der Waals surface area contributed by atoms with Gasteiger partial charge in [-0.05, 0) is 50.8 Å². The quantitative estimate of drug-likeness (QED) is 0.174. The summed E-state index contributed by atoms with van der Waals surface area (Å²) in [5.74, 6) is 2.36. The van der Waals surface area contributed by atoms with Crippen molar-refractivity contribution in [3.8, 4) is 0 Å². The van der Waals surface area contributed by atoms with Gasteiger partial charge in [0.25, 0.3) is 0 Å². The number of guanidine groups is 1. The van der Waals surface area contributed by atoms with Gasteiger partial charge in [0, 0.05) is 38.7 Å². The Morgan fingerprint density at radius 2 is 1.91 bits per heavy atom. The highest BCUT2D eigenvalue weighted by atomic mass is 127. The molecule has 2 unspecified atom stereocenters. The lowest BCUT2D eigenvalue weighted by Crippen LogP contribution is -2.38. The Morgan fingerprint density at radius 3 is 2.73 bits per heavy atom. The number of aliphatic imine (C=N–C) groups is 1. The van der Waals surface area contributed by atoms with Crippen LogP contribution in [-0.2, 0) is 11.3 Å². The molecule has 4 rings (SSSR count). The van der Waals surface area contributed by atoms with Gasteiger partial charge in [-0.2, -0.15) is 0 Å². The van der Waals surface area contributed by atoms with Gasteiger partial charge in [0.1, 0.15) is 5.82 Å². The zero-order valence-corrected chi connectivity index (χ0v) is 22.0. The number of aryl methyl sites for hydroxylation is 2. The Labute approximate surface area is 214 Å². The van der Waals surface area contributed by atoms with Crippen LogP contribution < -0.4 is 10.6 Å². The minimum Gasteiger partial charge on any atom is -0.373 e. The lowest BCUT2D eigenvalue weighted by atomic mass is 9.89. The van der Waals surface area contributed by atoms with E-state index in [1.165, 1.54) is 11.1 Å². The van der Waals surface area contributed by atoms with E-state index in [4.69, 9.17) is 9.73 Å². The smallest absolute Gasteiger partial charge is 0.191 e. The van der Waals surface area contributed by atoms with Gasteiger partial charge in [0.05, 0.1) is 17.1 Å². The molecule has 1 aliphatic rings. The summed E-state index contributed by atoms with van der Waals surface area (Å²) in [5, 5.41) is 6.90. The molecule has 3 aromatic rings. The molecule has 2 atom stereocenters. The predicted molar refractivity (Wildman–Crippen MR) is 146 cm³/mol. The van der Waals surface area contributed by atoms with Crippen molar-refractivity contribution in [2.45, 2.75) is 45.8 Å². The monoisotopic (exact) mass is 561 g/mol. The molecule has 0 bridgehead atoms. The number of imidazole rings is 1. The van der Waals surface area contributed by atoms with E-state index in [1.807, 2.05) is 6.07 Å². The molecule has 0 spiro atoms. The fourth-order valence-corrected chi connectivity index (χ4v) is 4.51. The van der Waals surface area contributed by atoms with Crippen LogP contribution in [0.5, 0.6) is 0 Å². The minimum atomic E-state index is 0. The summed E-state index contributed by atoms with van der Waals surface area (Å²) in [4.78, 5) is 9.57. The molecular weight excluding hydrogens is 525 g/mol. The van der Waals surface area contributed by atoms with E-state index in [0.29, 0.717) is 5.92 Å². The van der Waals surface area contributed by atoms with Gasteiger partial charge in [-0.25, -0.2) is 4.98 Å². The summed E-state index contributed by atoms with van der Waals surface area (Å²) in [7, 11) is 0. The summed E-state index contributed by atoms with van der Waals surface area (Å²) in [5.41, 5.74) is 3.53. The van der Waals surface area contributed by atoms with Crippen LogP contribution in [0.4, 0.5) is 0 Å². The van der Waals surface area contributed by atoms with Crippen LogP contribution in [0.25, 0.3) is 11.0 Å². The van der Waals surface area contributed by atoms with Gasteiger partial charge >= 0.3 is 0 Å². The average molecular weight is 562 g/mol. The minimum absolute atomic E-state index is 0. The number of benzene rings is 2. The molecule has 178 valence electrons. The number of nitrogens with zero attached hydrogens (tertiary/aromatic N) is 3. The maximum atomic E-state index is 6.14. The first kappa shape index (κ1) is 25.5. The Kier molecular flexibility index (Phi) is 9.99. The molecule has 0 saturated carbocycles. The molecule has 1 fully saturated rings. The van der Waals surface area contributed by atoms with Gasteiger partial charge in [0.15, 0.2) is 5.96 Å². The highest BCUT2D eigenvalue weighted by Gasteiger charge is 2.27. The highest BCUT2D eigenvalue weighted by Crippen LogP contribution is 2.33. The first-order valence-corrected chi connectivity index (χ1v) is 11.9. The zero-order valence-electron chi connectivity index (χ0n) is 19.7. The molecule has 2 N–H and O–H groups in total. The molecule has 7 heteroatoms. The Morgan fingerprint density at radius 1 is 1.12 bits per heavy atom. The van der Waals surface area contributed by atoms with Crippen molar-refractivity contribution < 1.29 is 4.74 Å². The standard InChI is InChI=1S/C26H35N5O.HI/c1-3-27-26(28-16-10-17-31-20(2)30-23-14-7-8-15-24(23)31)29-19-22-13-9-18-32-25(22)21-11-5-4-6-12-21;/h4-8,11-12,14-15,22,25H,3,9-10,13,16-19H2,1-2H3,(H2,27,28,29);1H. The predicted octanol–water partition coefficient (Wildman–Crippen LogP) is 5.08. The van der Waals surface area contributed by atoms with E-state index < -0.39 is 0 Å². The third-order valence-corrected chi connectivity index (χ3v) is 6.10. The van der Waals surface area contributed by atoms with Gasteiger partial charge < -0.3 is 19.9 Å². The highest BCUT2D eigenvalue weighted by molar-refractivity contribution is 14.0. The Hall–Kier alpha value is -2.13. The number of hydrogen-bond donors (Lipinski definition) is 2. The van der Waals surface area contributed by atoms with Crippen LogP contribution in [0.1, 0.15) is 43.7 Å². The van der Waals surface area contributed by atoms with Crippen LogP contribution in [0.2, 0.25) is 0 Å². The second kappa shape index (κ2) is 12.9. The largest absolute Gasteiger partial charge is 0.373 e. The number of ether oxygens (including phenoxy) is 1. The number of aromatic nitrogens is 2. The average Bonchev–Trinajstić information content (AvgIpc) is 3.16. The molecule has 2 aromatic carbocycles. The summed E-state index contributed by atoms with van der Waals surface area (Å²) in [6.45, 7) is 8.43.